The van der Waals surface area contributed by atoms with Crippen LogP contribution in [0, 0.1) is 0 Å². The predicted octanol–water partition coefficient (Wildman–Crippen LogP) is 2.75. The summed E-state index contributed by atoms with van der Waals surface area (Å²) < 4.78 is 27.6. The van der Waals surface area contributed by atoms with E-state index >= 15 is 0 Å². The van der Waals surface area contributed by atoms with Crippen LogP contribution in [-0.2, 0) is 10.2 Å². The van der Waals surface area contributed by atoms with Gasteiger partial charge in [0.05, 0.1) is 11.7 Å². The first-order valence-electron chi connectivity index (χ1n) is 7.19. The molecule has 5 nitrogen and oxygen atoms in total. The van der Waals surface area contributed by atoms with Crippen LogP contribution in [0.4, 0.5) is 0 Å². The summed E-state index contributed by atoms with van der Waals surface area (Å²) in [4.78, 5) is 5.69. The number of hydrogen-bond donors (Lipinski definition) is 0. The van der Waals surface area contributed by atoms with Gasteiger partial charge in [-0.25, -0.2) is 0 Å². The third-order valence-electron chi connectivity index (χ3n) is 3.89. The molecule has 0 N–H and O–H groups in total. The Morgan fingerprint density at radius 2 is 2.14 bits per heavy atom. The van der Waals surface area contributed by atoms with Crippen LogP contribution in [0.5, 0.6) is 0 Å². The molecular formula is C15H19N3O2S2. The zero-order chi connectivity index (χ0) is 15.7. The van der Waals surface area contributed by atoms with E-state index in [9.17, 15) is 8.42 Å². The summed E-state index contributed by atoms with van der Waals surface area (Å²) in [5, 5.41) is 2.03. The maximum atomic E-state index is 12.4. The third kappa shape index (κ3) is 2.81. The van der Waals surface area contributed by atoms with E-state index in [1.54, 1.807) is 29.7 Å². The zero-order valence-electron chi connectivity index (χ0n) is 12.6. The summed E-state index contributed by atoms with van der Waals surface area (Å²) in [5.41, 5.74) is 1.89. The number of aromatic nitrogens is 1. The fourth-order valence-electron chi connectivity index (χ4n) is 2.71. The Bertz CT molecular complexity index is 725. The Kier molecular flexibility index (Phi) is 4.31. The Morgan fingerprint density at radius 1 is 1.32 bits per heavy atom. The summed E-state index contributed by atoms with van der Waals surface area (Å²) in [5.74, 6) is 0. The molecule has 0 aliphatic carbocycles. The van der Waals surface area contributed by atoms with E-state index in [1.165, 1.54) is 9.18 Å². The van der Waals surface area contributed by atoms with Crippen LogP contribution < -0.4 is 0 Å². The maximum absolute atomic E-state index is 12.4. The van der Waals surface area contributed by atoms with Gasteiger partial charge in [0.2, 0.25) is 0 Å². The summed E-state index contributed by atoms with van der Waals surface area (Å²) in [6, 6.07) is 7.87. The summed E-state index contributed by atoms with van der Waals surface area (Å²) in [7, 11) is -0.264. The molecule has 1 atom stereocenters. The molecular weight excluding hydrogens is 318 g/mol. The molecule has 0 spiro atoms. The largest absolute Gasteiger partial charge is 0.282 e. The monoisotopic (exact) mass is 337 g/mol. The standard InChI is InChI=1S/C15H19N3O2S2/c1-17(2)22(19,20)18-9-3-5-14(18)13-8-7-12(11-16-13)15-6-4-10-21-15/h4,6-8,10-11,14H,3,5,9H2,1-2H3/t14-/m0/s1. The fourth-order valence-corrected chi connectivity index (χ4v) is 4.74. The molecule has 0 bridgehead atoms. The van der Waals surface area contributed by atoms with Gasteiger partial charge in [0.25, 0.3) is 10.2 Å². The maximum Gasteiger partial charge on any atom is 0.282 e. The molecule has 7 heteroatoms. The molecule has 1 aliphatic rings. The van der Waals surface area contributed by atoms with Crippen molar-refractivity contribution in [3.63, 3.8) is 0 Å². The minimum absolute atomic E-state index is 0.162. The van der Waals surface area contributed by atoms with Crippen molar-refractivity contribution in [3.8, 4) is 10.4 Å². The first kappa shape index (κ1) is 15.6. The van der Waals surface area contributed by atoms with E-state index in [4.69, 9.17) is 0 Å². The van der Waals surface area contributed by atoms with Crippen LogP contribution >= 0.6 is 11.3 Å². The predicted molar refractivity (Wildman–Crippen MR) is 88.8 cm³/mol. The minimum atomic E-state index is -3.40. The molecule has 1 aliphatic heterocycles. The van der Waals surface area contributed by atoms with Gasteiger partial charge in [-0.15, -0.1) is 11.3 Å². The van der Waals surface area contributed by atoms with Crippen molar-refractivity contribution in [2.75, 3.05) is 20.6 Å². The van der Waals surface area contributed by atoms with Crippen molar-refractivity contribution in [2.24, 2.45) is 0 Å². The summed E-state index contributed by atoms with van der Waals surface area (Å²) >= 11 is 1.67. The lowest BCUT2D eigenvalue weighted by Gasteiger charge is -2.26. The molecule has 0 amide bonds. The van der Waals surface area contributed by atoms with Crippen molar-refractivity contribution >= 4 is 21.5 Å². The van der Waals surface area contributed by atoms with E-state index < -0.39 is 10.2 Å². The highest BCUT2D eigenvalue weighted by molar-refractivity contribution is 7.86. The number of rotatable bonds is 4. The number of pyridine rings is 1. The van der Waals surface area contributed by atoms with E-state index in [0.717, 1.165) is 24.1 Å². The summed E-state index contributed by atoms with van der Waals surface area (Å²) in [6.45, 7) is 0.555. The van der Waals surface area contributed by atoms with E-state index in [1.807, 2.05) is 29.8 Å². The van der Waals surface area contributed by atoms with Gasteiger partial charge < -0.3 is 0 Å². The summed E-state index contributed by atoms with van der Waals surface area (Å²) in [6.07, 6.45) is 3.52. The lowest BCUT2D eigenvalue weighted by molar-refractivity contribution is 0.358. The molecule has 22 heavy (non-hydrogen) atoms. The van der Waals surface area contributed by atoms with Crippen molar-refractivity contribution < 1.29 is 8.42 Å². The lowest BCUT2D eigenvalue weighted by Crippen LogP contribution is -2.39. The van der Waals surface area contributed by atoms with Gasteiger partial charge in [0.15, 0.2) is 0 Å². The second-order valence-corrected chi connectivity index (χ2v) is 8.55. The first-order chi connectivity index (χ1) is 10.5. The molecule has 2 aromatic heterocycles. The van der Waals surface area contributed by atoms with Gasteiger partial charge in [-0.05, 0) is 30.4 Å². The SMILES string of the molecule is CN(C)S(=O)(=O)N1CCC[C@H]1c1ccc(-c2cccs2)cn1. The van der Waals surface area contributed by atoms with Crippen LogP contribution in [0.3, 0.4) is 0 Å². The third-order valence-corrected chi connectivity index (χ3v) is 6.77. The molecule has 0 saturated carbocycles. The smallest absolute Gasteiger partial charge is 0.259 e. The minimum Gasteiger partial charge on any atom is -0.259 e. The Morgan fingerprint density at radius 3 is 2.73 bits per heavy atom. The van der Waals surface area contributed by atoms with Gasteiger partial charge in [-0.3, -0.25) is 4.98 Å². The van der Waals surface area contributed by atoms with Crippen LogP contribution in [0.1, 0.15) is 24.6 Å². The highest BCUT2D eigenvalue weighted by atomic mass is 32.2. The van der Waals surface area contributed by atoms with Gasteiger partial charge in [0, 0.05) is 37.3 Å². The highest BCUT2D eigenvalue weighted by Crippen LogP contribution is 2.34. The topological polar surface area (TPSA) is 53.5 Å². The van der Waals surface area contributed by atoms with Gasteiger partial charge in [-0.1, -0.05) is 12.1 Å². The second kappa shape index (κ2) is 6.08. The Hall–Kier alpha value is -1.28. The molecule has 3 rings (SSSR count). The molecule has 118 valence electrons. The average molecular weight is 337 g/mol. The van der Waals surface area contributed by atoms with Crippen molar-refractivity contribution in [2.45, 2.75) is 18.9 Å². The lowest BCUT2D eigenvalue weighted by atomic mass is 10.1. The van der Waals surface area contributed by atoms with Gasteiger partial charge in [-0.2, -0.15) is 17.0 Å². The quantitative estimate of drug-likeness (QED) is 0.862. The molecule has 3 heterocycles. The normalized spacial score (nSPS) is 19.9. The van der Waals surface area contributed by atoms with Crippen LogP contribution in [0.25, 0.3) is 10.4 Å². The number of nitrogens with zero attached hydrogens (tertiary/aromatic N) is 3. The Labute approximate surface area is 135 Å². The van der Waals surface area contributed by atoms with Crippen LogP contribution in [-0.4, -0.2) is 42.7 Å². The average Bonchev–Trinajstić information content (AvgIpc) is 3.19. The van der Waals surface area contributed by atoms with Crippen molar-refractivity contribution in [1.82, 2.24) is 13.6 Å². The van der Waals surface area contributed by atoms with Crippen LogP contribution in [0.2, 0.25) is 0 Å². The number of hydrogen-bond acceptors (Lipinski definition) is 4. The zero-order valence-corrected chi connectivity index (χ0v) is 14.3. The van der Waals surface area contributed by atoms with E-state index in [2.05, 4.69) is 11.1 Å². The van der Waals surface area contributed by atoms with E-state index in [-0.39, 0.29) is 6.04 Å². The second-order valence-electron chi connectivity index (χ2n) is 5.51. The first-order valence-corrected chi connectivity index (χ1v) is 9.47. The molecule has 0 aromatic carbocycles. The van der Waals surface area contributed by atoms with Crippen LogP contribution in [0.15, 0.2) is 35.8 Å². The molecule has 0 radical (unpaired) electrons. The molecule has 0 unspecified atom stereocenters. The fraction of sp³-hybridized carbons (Fsp3) is 0.400. The van der Waals surface area contributed by atoms with Crippen molar-refractivity contribution in [1.29, 1.82) is 0 Å². The Balaban J connectivity index is 1.87. The van der Waals surface area contributed by atoms with Gasteiger partial charge in [0.1, 0.15) is 0 Å². The van der Waals surface area contributed by atoms with E-state index in [0.29, 0.717) is 6.54 Å². The molecule has 2 aromatic rings. The van der Waals surface area contributed by atoms with Gasteiger partial charge >= 0.3 is 0 Å². The van der Waals surface area contributed by atoms with Crippen molar-refractivity contribution in [3.05, 3.63) is 41.5 Å². The molecule has 1 saturated heterocycles. The highest BCUT2D eigenvalue weighted by Gasteiger charge is 2.37. The molecule has 1 fully saturated rings. The number of thiophene rings is 1.